The zero-order valence-electron chi connectivity index (χ0n) is 14.2. The number of hydrogen-bond donors (Lipinski definition) is 0. The monoisotopic (exact) mass is 374 g/mol. The first-order chi connectivity index (χ1) is 12.3. The van der Waals surface area contributed by atoms with Crippen LogP contribution in [0.1, 0.15) is 25.0 Å². The molecule has 144 valence electrons. The smallest absolute Gasteiger partial charge is 0.411 e. The Labute approximate surface area is 148 Å². The predicted octanol–water partition coefficient (Wildman–Crippen LogP) is 2.20. The average Bonchev–Trinajstić information content (AvgIpc) is 3.23. The van der Waals surface area contributed by atoms with Crippen LogP contribution in [-0.2, 0) is 20.9 Å². The Kier molecular flexibility index (Phi) is 5.55. The summed E-state index contributed by atoms with van der Waals surface area (Å²) in [5.74, 6) is -0.147. The molecule has 2 saturated heterocycles. The van der Waals surface area contributed by atoms with Gasteiger partial charge in [-0.1, -0.05) is 0 Å². The lowest BCUT2D eigenvalue weighted by Crippen LogP contribution is -2.46. The fraction of sp³-hybridized carbons (Fsp3) is 0.647. The number of rotatable bonds is 5. The van der Waals surface area contributed by atoms with E-state index < -0.39 is 24.8 Å². The molecule has 9 heteroatoms. The van der Waals surface area contributed by atoms with Crippen molar-refractivity contribution in [3.05, 3.63) is 24.2 Å². The topological polar surface area (TPSA) is 63.0 Å². The quantitative estimate of drug-likeness (QED) is 0.793. The third-order valence-electron chi connectivity index (χ3n) is 4.66. The minimum atomic E-state index is -4.38. The summed E-state index contributed by atoms with van der Waals surface area (Å²) in [6.07, 6.45) is -2.28. The van der Waals surface area contributed by atoms with Crippen molar-refractivity contribution in [2.45, 2.75) is 38.1 Å². The van der Waals surface area contributed by atoms with Gasteiger partial charge < -0.3 is 19.0 Å². The van der Waals surface area contributed by atoms with Gasteiger partial charge in [0.05, 0.1) is 24.8 Å². The fourth-order valence-corrected chi connectivity index (χ4v) is 3.43. The molecular weight excluding hydrogens is 353 g/mol. The average molecular weight is 374 g/mol. The summed E-state index contributed by atoms with van der Waals surface area (Å²) in [5, 5.41) is 0. The van der Waals surface area contributed by atoms with Gasteiger partial charge in [0, 0.05) is 26.1 Å². The Morgan fingerprint density at radius 3 is 2.85 bits per heavy atom. The van der Waals surface area contributed by atoms with Crippen molar-refractivity contribution < 1.29 is 31.9 Å². The number of carbonyl (C=O) groups is 2. The molecule has 1 aromatic rings. The highest BCUT2D eigenvalue weighted by atomic mass is 19.4. The molecule has 26 heavy (non-hydrogen) atoms. The molecule has 0 saturated carbocycles. The van der Waals surface area contributed by atoms with Crippen LogP contribution < -0.4 is 0 Å². The number of alkyl halides is 3. The Morgan fingerprint density at radius 2 is 2.15 bits per heavy atom. The maximum atomic E-state index is 12.7. The number of carbonyl (C=O) groups excluding carboxylic acids is 2. The van der Waals surface area contributed by atoms with E-state index in [0.717, 1.165) is 0 Å². The van der Waals surface area contributed by atoms with E-state index in [-0.39, 0.29) is 24.8 Å². The van der Waals surface area contributed by atoms with E-state index in [0.29, 0.717) is 38.2 Å². The van der Waals surface area contributed by atoms with Gasteiger partial charge in [0.25, 0.3) is 0 Å². The highest BCUT2D eigenvalue weighted by molar-refractivity contribution is 5.89. The third kappa shape index (κ3) is 4.78. The van der Waals surface area contributed by atoms with Crippen molar-refractivity contribution in [2.75, 3.05) is 26.2 Å². The normalized spacial score (nSPS) is 24.3. The highest BCUT2D eigenvalue weighted by Crippen LogP contribution is 2.25. The maximum absolute atomic E-state index is 12.7. The van der Waals surface area contributed by atoms with Crippen molar-refractivity contribution in [1.82, 2.24) is 9.80 Å². The van der Waals surface area contributed by atoms with E-state index >= 15 is 0 Å². The summed E-state index contributed by atoms with van der Waals surface area (Å²) in [6.45, 7) is -0.0835. The fourth-order valence-electron chi connectivity index (χ4n) is 3.43. The van der Waals surface area contributed by atoms with Gasteiger partial charge in [0.1, 0.15) is 12.4 Å². The van der Waals surface area contributed by atoms with Crippen molar-refractivity contribution in [3.8, 4) is 0 Å². The molecule has 2 aliphatic rings. The first-order valence-corrected chi connectivity index (χ1v) is 8.59. The van der Waals surface area contributed by atoms with Gasteiger partial charge in [-0.3, -0.25) is 9.59 Å². The molecule has 0 radical (unpaired) electrons. The Balaban J connectivity index is 1.53. The largest absolute Gasteiger partial charge is 0.467 e. The molecular formula is C17H21F3N2O4. The molecule has 3 rings (SSSR count). The zero-order chi connectivity index (χ0) is 18.7. The number of likely N-dealkylation sites (tertiary alicyclic amines) is 2. The van der Waals surface area contributed by atoms with E-state index in [9.17, 15) is 22.8 Å². The molecule has 0 spiro atoms. The van der Waals surface area contributed by atoms with E-state index in [2.05, 4.69) is 0 Å². The summed E-state index contributed by atoms with van der Waals surface area (Å²) in [7, 11) is 0. The van der Waals surface area contributed by atoms with Gasteiger partial charge in [-0.15, -0.1) is 0 Å². The lowest BCUT2D eigenvalue weighted by atomic mass is 10.0. The van der Waals surface area contributed by atoms with Crippen LogP contribution in [0.15, 0.2) is 22.8 Å². The van der Waals surface area contributed by atoms with Crippen LogP contribution >= 0.6 is 0 Å². The van der Waals surface area contributed by atoms with Crippen LogP contribution in [0.5, 0.6) is 0 Å². The van der Waals surface area contributed by atoms with Crippen LogP contribution in [0.3, 0.4) is 0 Å². The molecule has 2 atom stereocenters. The standard InChI is InChI=1S/C17H21F3N2O4/c18-17(19,20)11-26-14-3-1-5-21(9-14)16(24)12-7-15(23)22(8-12)10-13-4-2-6-25-13/h2,4,6,12,14H,1,3,5,7-11H2. The first kappa shape index (κ1) is 18.8. The summed E-state index contributed by atoms with van der Waals surface area (Å²) >= 11 is 0. The zero-order valence-corrected chi connectivity index (χ0v) is 14.2. The number of amides is 2. The third-order valence-corrected chi connectivity index (χ3v) is 4.66. The second kappa shape index (κ2) is 7.69. The van der Waals surface area contributed by atoms with E-state index in [1.165, 1.54) is 11.2 Å². The number of furan rings is 1. The van der Waals surface area contributed by atoms with Crippen molar-refractivity contribution in [1.29, 1.82) is 0 Å². The van der Waals surface area contributed by atoms with E-state index in [1.54, 1.807) is 17.0 Å². The molecule has 0 bridgehead atoms. The molecule has 6 nitrogen and oxygen atoms in total. The summed E-state index contributed by atoms with van der Waals surface area (Å²) in [5.41, 5.74) is 0. The minimum Gasteiger partial charge on any atom is -0.467 e. The van der Waals surface area contributed by atoms with Gasteiger partial charge in [0.15, 0.2) is 0 Å². The number of ether oxygens (including phenoxy) is 1. The highest BCUT2D eigenvalue weighted by Gasteiger charge is 2.38. The van der Waals surface area contributed by atoms with Gasteiger partial charge in [0.2, 0.25) is 11.8 Å². The maximum Gasteiger partial charge on any atom is 0.411 e. The van der Waals surface area contributed by atoms with Crippen molar-refractivity contribution in [3.63, 3.8) is 0 Å². The summed E-state index contributed by atoms with van der Waals surface area (Å²) < 4.78 is 47.0. The lowest BCUT2D eigenvalue weighted by Gasteiger charge is -2.34. The number of hydrogen-bond acceptors (Lipinski definition) is 4. The van der Waals surface area contributed by atoms with Crippen molar-refractivity contribution >= 4 is 11.8 Å². The second-order valence-electron chi connectivity index (χ2n) is 6.73. The molecule has 0 aliphatic carbocycles. The van der Waals surface area contributed by atoms with E-state index in [1.807, 2.05) is 0 Å². The molecule has 0 N–H and O–H groups in total. The van der Waals surface area contributed by atoms with Crippen LogP contribution in [-0.4, -0.2) is 60.1 Å². The van der Waals surface area contributed by atoms with Crippen LogP contribution in [0.4, 0.5) is 13.2 Å². The Bertz CT molecular complexity index is 632. The summed E-state index contributed by atoms with van der Waals surface area (Å²) in [6, 6.07) is 3.49. The van der Waals surface area contributed by atoms with Gasteiger partial charge in [-0.25, -0.2) is 0 Å². The number of halogens is 3. The van der Waals surface area contributed by atoms with Gasteiger partial charge >= 0.3 is 6.18 Å². The summed E-state index contributed by atoms with van der Waals surface area (Å²) in [4.78, 5) is 27.9. The van der Waals surface area contributed by atoms with E-state index in [4.69, 9.17) is 9.15 Å². The SMILES string of the molecule is O=C1CC(C(=O)N2CCCC(OCC(F)(F)F)C2)CN1Cc1ccco1. The molecule has 2 aliphatic heterocycles. The van der Waals surface area contributed by atoms with Crippen molar-refractivity contribution in [2.24, 2.45) is 5.92 Å². The van der Waals surface area contributed by atoms with Crippen LogP contribution in [0.2, 0.25) is 0 Å². The predicted molar refractivity (Wildman–Crippen MR) is 83.8 cm³/mol. The Morgan fingerprint density at radius 1 is 1.35 bits per heavy atom. The molecule has 2 unspecified atom stereocenters. The molecule has 1 aromatic heterocycles. The lowest BCUT2D eigenvalue weighted by molar-refractivity contribution is -0.190. The molecule has 2 fully saturated rings. The minimum absolute atomic E-state index is 0.115. The molecule has 2 amide bonds. The number of nitrogens with zero attached hydrogens (tertiary/aromatic N) is 2. The van der Waals surface area contributed by atoms with Crippen LogP contribution in [0, 0.1) is 5.92 Å². The van der Waals surface area contributed by atoms with Gasteiger partial charge in [-0.2, -0.15) is 13.2 Å². The Hall–Kier alpha value is -2.03. The first-order valence-electron chi connectivity index (χ1n) is 8.59. The molecule has 0 aromatic carbocycles. The molecule has 3 heterocycles. The van der Waals surface area contributed by atoms with Crippen LogP contribution in [0.25, 0.3) is 0 Å². The van der Waals surface area contributed by atoms with Gasteiger partial charge in [-0.05, 0) is 25.0 Å². The number of piperidine rings is 1. The second-order valence-corrected chi connectivity index (χ2v) is 6.73.